The number of aliphatic hydroxyl groups excluding tert-OH is 1. The van der Waals surface area contributed by atoms with E-state index in [0.717, 1.165) is 0 Å². The van der Waals surface area contributed by atoms with Gasteiger partial charge in [-0.1, -0.05) is 0 Å². The Balaban J connectivity index is 3.84. The van der Waals surface area contributed by atoms with Crippen LogP contribution >= 0.6 is 7.60 Å². The first-order valence-corrected chi connectivity index (χ1v) is 6.86. The molecule has 8 nitrogen and oxygen atoms in total. The molecule has 102 valence electrons. The molecule has 0 heterocycles. The molecule has 0 fully saturated rings. The summed E-state index contributed by atoms with van der Waals surface area (Å²) in [4.78, 5) is 27.9. The number of ether oxygens (including phenoxy) is 1. The van der Waals surface area contributed by atoms with Gasteiger partial charge in [-0.15, -0.1) is 0 Å². The van der Waals surface area contributed by atoms with Crippen LogP contribution in [0.2, 0.25) is 0 Å². The van der Waals surface area contributed by atoms with E-state index in [-0.39, 0.29) is 19.6 Å². The van der Waals surface area contributed by atoms with Gasteiger partial charge in [-0.3, -0.25) is 14.7 Å². The van der Waals surface area contributed by atoms with Gasteiger partial charge in [0, 0.05) is 6.61 Å². The Kier molecular flexibility index (Phi) is 8.32. The van der Waals surface area contributed by atoms with Gasteiger partial charge in [0.1, 0.15) is 6.04 Å². The third-order valence-electron chi connectivity index (χ3n) is 1.86. The predicted octanol–water partition coefficient (Wildman–Crippen LogP) is -1.05. The van der Waals surface area contributed by atoms with Gasteiger partial charge < -0.3 is 24.7 Å². The molecule has 0 bridgehead atoms. The molecule has 0 unspecified atom stereocenters. The zero-order valence-corrected chi connectivity index (χ0v) is 10.2. The summed E-state index contributed by atoms with van der Waals surface area (Å²) in [6.45, 7) is 0.383. The van der Waals surface area contributed by atoms with Crippen LogP contribution in [-0.2, 0) is 14.1 Å². The topological polar surface area (TPSA) is 136 Å². The second kappa shape index (κ2) is 8.57. The van der Waals surface area contributed by atoms with Crippen molar-refractivity contribution in [1.82, 2.24) is 5.32 Å². The molecule has 1 atom stereocenters. The second-order valence-corrected chi connectivity index (χ2v) is 5.04. The maximum atomic E-state index is 10.7. The SMILES string of the molecule is O=C(O)[C@H](CCCOCCO)NCP(=O)(O)O. The van der Waals surface area contributed by atoms with E-state index in [9.17, 15) is 9.36 Å². The average Bonchev–Trinajstić information content (AvgIpc) is 2.20. The summed E-state index contributed by atoms with van der Waals surface area (Å²) in [6.07, 6.45) is -0.0483. The summed E-state index contributed by atoms with van der Waals surface area (Å²) in [7, 11) is -4.25. The number of carboxylic acid groups (broad SMARTS) is 1. The molecule has 0 aliphatic rings. The normalized spacial score (nSPS) is 13.6. The number of hydrogen-bond acceptors (Lipinski definition) is 5. The van der Waals surface area contributed by atoms with Crippen LogP contribution in [-0.4, -0.2) is 58.1 Å². The van der Waals surface area contributed by atoms with Crippen molar-refractivity contribution < 1.29 is 34.1 Å². The lowest BCUT2D eigenvalue weighted by Crippen LogP contribution is -2.37. The fourth-order valence-electron chi connectivity index (χ4n) is 1.10. The lowest BCUT2D eigenvalue weighted by molar-refractivity contribution is -0.139. The number of rotatable bonds is 10. The molecule has 0 aromatic rings. The van der Waals surface area contributed by atoms with E-state index in [4.69, 9.17) is 24.7 Å². The molecule has 9 heteroatoms. The van der Waals surface area contributed by atoms with Crippen molar-refractivity contribution >= 4 is 13.6 Å². The maximum absolute atomic E-state index is 10.7. The number of nitrogens with one attached hydrogen (secondary N) is 1. The molecule has 0 aliphatic carbocycles. The monoisotopic (exact) mass is 271 g/mol. The van der Waals surface area contributed by atoms with Crippen LogP contribution in [0.4, 0.5) is 0 Å². The minimum atomic E-state index is -4.25. The number of hydrogen-bond donors (Lipinski definition) is 5. The van der Waals surface area contributed by atoms with Crippen molar-refractivity contribution in [2.45, 2.75) is 18.9 Å². The molecule has 5 N–H and O–H groups in total. The van der Waals surface area contributed by atoms with Gasteiger partial charge in [-0.25, -0.2) is 0 Å². The highest BCUT2D eigenvalue weighted by Gasteiger charge is 2.21. The van der Waals surface area contributed by atoms with Crippen LogP contribution in [0, 0.1) is 0 Å². The highest BCUT2D eigenvalue weighted by molar-refractivity contribution is 7.51. The van der Waals surface area contributed by atoms with Crippen LogP contribution in [0.1, 0.15) is 12.8 Å². The van der Waals surface area contributed by atoms with Crippen LogP contribution < -0.4 is 5.32 Å². The predicted molar refractivity (Wildman–Crippen MR) is 58.6 cm³/mol. The highest BCUT2D eigenvalue weighted by atomic mass is 31.2. The van der Waals surface area contributed by atoms with E-state index in [2.05, 4.69) is 5.32 Å². The third kappa shape index (κ3) is 10.4. The van der Waals surface area contributed by atoms with E-state index in [1.54, 1.807) is 0 Å². The summed E-state index contributed by atoms with van der Waals surface area (Å²) >= 11 is 0. The van der Waals surface area contributed by atoms with Crippen molar-refractivity contribution in [1.29, 1.82) is 0 Å². The summed E-state index contributed by atoms with van der Waals surface area (Å²) in [6, 6.07) is -1.01. The van der Waals surface area contributed by atoms with E-state index in [1.165, 1.54) is 0 Å². The minimum Gasteiger partial charge on any atom is -0.480 e. The van der Waals surface area contributed by atoms with E-state index < -0.39 is 25.9 Å². The van der Waals surface area contributed by atoms with Crippen LogP contribution in [0.3, 0.4) is 0 Å². The van der Waals surface area contributed by atoms with Crippen molar-refractivity contribution in [3.63, 3.8) is 0 Å². The van der Waals surface area contributed by atoms with Gasteiger partial charge >= 0.3 is 13.6 Å². The van der Waals surface area contributed by atoms with Gasteiger partial charge in [0.25, 0.3) is 0 Å². The fraction of sp³-hybridized carbons (Fsp3) is 0.875. The lowest BCUT2D eigenvalue weighted by atomic mass is 10.2. The Bertz CT molecular complexity index is 267. The first-order valence-electron chi connectivity index (χ1n) is 5.06. The summed E-state index contributed by atoms with van der Waals surface area (Å²) in [5.41, 5.74) is 0. The fourth-order valence-corrected chi connectivity index (χ4v) is 1.56. The van der Waals surface area contributed by atoms with Crippen molar-refractivity contribution in [3.05, 3.63) is 0 Å². The molecule has 0 amide bonds. The number of carboxylic acids is 1. The van der Waals surface area contributed by atoms with Crippen molar-refractivity contribution in [3.8, 4) is 0 Å². The van der Waals surface area contributed by atoms with Crippen LogP contribution in [0.15, 0.2) is 0 Å². The van der Waals surface area contributed by atoms with E-state index >= 15 is 0 Å². The molecule has 0 aliphatic heterocycles. The van der Waals surface area contributed by atoms with Crippen LogP contribution in [0.25, 0.3) is 0 Å². The van der Waals surface area contributed by atoms with Gasteiger partial charge in [0.15, 0.2) is 0 Å². The number of aliphatic hydroxyl groups is 1. The summed E-state index contributed by atoms with van der Waals surface area (Å²) in [5.74, 6) is -1.17. The third-order valence-corrected chi connectivity index (χ3v) is 2.45. The van der Waals surface area contributed by atoms with Crippen molar-refractivity contribution in [2.24, 2.45) is 0 Å². The second-order valence-electron chi connectivity index (χ2n) is 3.40. The average molecular weight is 271 g/mol. The van der Waals surface area contributed by atoms with E-state index in [1.807, 2.05) is 0 Å². The lowest BCUT2D eigenvalue weighted by Gasteiger charge is -2.14. The molecule has 0 aromatic carbocycles. The Morgan fingerprint density at radius 2 is 2.00 bits per heavy atom. The Morgan fingerprint density at radius 1 is 1.35 bits per heavy atom. The molecule has 0 rings (SSSR count). The Labute approximate surface area is 98.8 Å². The number of carbonyl (C=O) groups is 1. The largest absolute Gasteiger partial charge is 0.480 e. The smallest absolute Gasteiger partial charge is 0.339 e. The molecule has 0 spiro atoms. The Morgan fingerprint density at radius 3 is 2.47 bits per heavy atom. The molecular weight excluding hydrogens is 253 g/mol. The quantitative estimate of drug-likeness (QED) is 0.251. The molecule has 0 saturated carbocycles. The molecule has 0 radical (unpaired) electrons. The van der Waals surface area contributed by atoms with Crippen molar-refractivity contribution in [2.75, 3.05) is 26.1 Å². The van der Waals surface area contributed by atoms with Gasteiger partial charge in [0.05, 0.1) is 19.5 Å². The zero-order valence-electron chi connectivity index (χ0n) is 9.28. The summed E-state index contributed by atoms with van der Waals surface area (Å²) < 4.78 is 15.5. The van der Waals surface area contributed by atoms with Crippen LogP contribution in [0.5, 0.6) is 0 Å². The highest BCUT2D eigenvalue weighted by Crippen LogP contribution is 2.32. The first kappa shape index (κ1) is 16.5. The van der Waals surface area contributed by atoms with Gasteiger partial charge in [-0.05, 0) is 12.8 Å². The minimum absolute atomic E-state index is 0.0984. The van der Waals surface area contributed by atoms with E-state index in [0.29, 0.717) is 13.0 Å². The molecular formula is C8H18NO7P. The molecule has 0 saturated heterocycles. The van der Waals surface area contributed by atoms with Gasteiger partial charge in [-0.2, -0.15) is 0 Å². The first-order chi connectivity index (χ1) is 7.87. The molecule has 0 aromatic heterocycles. The van der Waals surface area contributed by atoms with Gasteiger partial charge in [0.2, 0.25) is 0 Å². The molecule has 17 heavy (non-hydrogen) atoms. The maximum Gasteiger partial charge on any atom is 0.339 e. The summed E-state index contributed by atoms with van der Waals surface area (Å²) in [5, 5.41) is 19.5. The number of aliphatic carboxylic acids is 1. The standard InChI is InChI=1S/C8H18NO7P/c10-3-5-16-4-1-2-7(8(11)12)9-6-17(13,14)15/h7,9-10H,1-6H2,(H,11,12)(H2,13,14,15)/t7-/m0/s1. The Hall–Kier alpha value is -0.500. The zero-order chi connectivity index (χ0) is 13.3.